The van der Waals surface area contributed by atoms with Crippen LogP contribution in [0.1, 0.15) is 42.6 Å². The largest absolute Gasteiger partial charge is 0.480 e. The topological polar surface area (TPSA) is 86.7 Å². The number of nitrogens with zero attached hydrogens (tertiary/aromatic N) is 1. The Kier molecular flexibility index (Phi) is 4.21. The number of nitrogens with one attached hydrogen (secondary N) is 1. The van der Waals surface area contributed by atoms with E-state index in [0.29, 0.717) is 18.4 Å². The normalized spacial score (nSPS) is 16.7. The Balaban J connectivity index is 2.26. The lowest BCUT2D eigenvalue weighted by atomic mass is 9.96. The minimum absolute atomic E-state index is 0.0501. The Morgan fingerprint density at radius 3 is 2.64 bits per heavy atom. The molecule has 0 aliphatic carbocycles. The Labute approximate surface area is 129 Å². The van der Waals surface area contributed by atoms with Crippen LogP contribution in [0.25, 0.3) is 0 Å². The number of anilines is 1. The molecule has 6 heteroatoms. The zero-order valence-electron chi connectivity index (χ0n) is 13.0. The van der Waals surface area contributed by atoms with Crippen molar-refractivity contribution < 1.29 is 19.5 Å². The molecule has 118 valence electrons. The third-order valence-electron chi connectivity index (χ3n) is 4.25. The summed E-state index contributed by atoms with van der Waals surface area (Å²) in [5.41, 5.74) is 0.828. The van der Waals surface area contributed by atoms with Gasteiger partial charge in [-0.3, -0.25) is 9.59 Å². The molecule has 0 saturated heterocycles. The van der Waals surface area contributed by atoms with Crippen molar-refractivity contribution in [1.82, 2.24) is 5.32 Å². The van der Waals surface area contributed by atoms with E-state index in [1.54, 1.807) is 37.1 Å². The molecule has 1 unspecified atom stereocenters. The minimum atomic E-state index is -1.29. The molecule has 2 N–H and O–H groups in total. The standard InChI is InChI=1S/C16H20N2O4/c1-4-16(2,15(21)22)17-14(20)11-5-7-12-10(9-11)6-8-13(19)18(12)3/h5,7,9H,4,6,8H2,1-3H3,(H,17,20)(H,21,22). The molecule has 2 amide bonds. The monoisotopic (exact) mass is 304 g/mol. The second-order valence-corrected chi connectivity index (χ2v) is 5.74. The third-order valence-corrected chi connectivity index (χ3v) is 4.25. The van der Waals surface area contributed by atoms with Gasteiger partial charge in [0, 0.05) is 24.7 Å². The van der Waals surface area contributed by atoms with E-state index in [1.807, 2.05) is 0 Å². The van der Waals surface area contributed by atoms with Gasteiger partial charge in [0.25, 0.3) is 5.91 Å². The molecule has 1 aromatic rings. The average Bonchev–Trinajstić information content (AvgIpc) is 2.50. The van der Waals surface area contributed by atoms with Gasteiger partial charge in [-0.25, -0.2) is 4.79 Å². The molecule has 0 fully saturated rings. The smallest absolute Gasteiger partial charge is 0.329 e. The van der Waals surface area contributed by atoms with Crippen LogP contribution in [0.5, 0.6) is 0 Å². The highest BCUT2D eigenvalue weighted by molar-refractivity contribution is 6.00. The summed E-state index contributed by atoms with van der Waals surface area (Å²) < 4.78 is 0. The maximum atomic E-state index is 12.3. The summed E-state index contributed by atoms with van der Waals surface area (Å²) in [7, 11) is 1.71. The molecule has 0 aromatic heterocycles. The van der Waals surface area contributed by atoms with Gasteiger partial charge in [-0.15, -0.1) is 0 Å². The van der Waals surface area contributed by atoms with Gasteiger partial charge in [-0.1, -0.05) is 6.92 Å². The highest BCUT2D eigenvalue weighted by atomic mass is 16.4. The zero-order chi connectivity index (χ0) is 16.5. The van der Waals surface area contributed by atoms with E-state index in [1.165, 1.54) is 6.92 Å². The SMILES string of the molecule is CCC(C)(NC(=O)c1ccc2c(c1)CCC(=O)N2C)C(=O)O. The van der Waals surface area contributed by atoms with Crippen molar-refractivity contribution in [3.8, 4) is 0 Å². The number of carbonyl (C=O) groups excluding carboxylic acids is 2. The first-order valence-electron chi connectivity index (χ1n) is 7.24. The van der Waals surface area contributed by atoms with Gasteiger partial charge < -0.3 is 15.3 Å². The van der Waals surface area contributed by atoms with Crippen molar-refractivity contribution >= 4 is 23.5 Å². The molecule has 1 atom stereocenters. The van der Waals surface area contributed by atoms with Crippen molar-refractivity contribution in [2.45, 2.75) is 38.6 Å². The lowest BCUT2D eigenvalue weighted by Gasteiger charge is -2.27. The van der Waals surface area contributed by atoms with E-state index in [0.717, 1.165) is 11.3 Å². The number of aliphatic carboxylic acids is 1. The highest BCUT2D eigenvalue weighted by Gasteiger charge is 2.33. The average molecular weight is 304 g/mol. The number of carboxylic acids is 1. The first-order chi connectivity index (χ1) is 10.3. The van der Waals surface area contributed by atoms with Crippen LogP contribution in [0.3, 0.4) is 0 Å². The molecule has 2 rings (SSSR count). The number of rotatable bonds is 4. The van der Waals surface area contributed by atoms with Crippen molar-refractivity contribution in [3.63, 3.8) is 0 Å². The van der Waals surface area contributed by atoms with Crippen LogP contribution in [0.4, 0.5) is 5.69 Å². The van der Waals surface area contributed by atoms with Crippen molar-refractivity contribution in [2.75, 3.05) is 11.9 Å². The number of hydrogen-bond donors (Lipinski definition) is 2. The minimum Gasteiger partial charge on any atom is -0.480 e. The van der Waals surface area contributed by atoms with Crippen LogP contribution in [0.15, 0.2) is 18.2 Å². The van der Waals surface area contributed by atoms with Crippen LogP contribution in [-0.2, 0) is 16.0 Å². The van der Waals surface area contributed by atoms with Crippen molar-refractivity contribution in [3.05, 3.63) is 29.3 Å². The van der Waals surface area contributed by atoms with Gasteiger partial charge in [-0.2, -0.15) is 0 Å². The van der Waals surface area contributed by atoms with Gasteiger partial charge in [-0.05, 0) is 43.5 Å². The van der Waals surface area contributed by atoms with Gasteiger partial charge in [0.05, 0.1) is 0 Å². The molecule has 1 aliphatic heterocycles. The predicted octanol–water partition coefficient (Wildman–Crippen LogP) is 1.58. The van der Waals surface area contributed by atoms with E-state index in [-0.39, 0.29) is 12.3 Å². The fourth-order valence-corrected chi connectivity index (χ4v) is 2.41. The Hall–Kier alpha value is -2.37. The quantitative estimate of drug-likeness (QED) is 0.884. The van der Waals surface area contributed by atoms with Crippen molar-refractivity contribution in [2.24, 2.45) is 0 Å². The lowest BCUT2D eigenvalue weighted by Crippen LogP contribution is -2.51. The lowest BCUT2D eigenvalue weighted by molar-refractivity contribution is -0.143. The Morgan fingerprint density at radius 2 is 2.05 bits per heavy atom. The Bertz CT molecular complexity index is 641. The summed E-state index contributed by atoms with van der Waals surface area (Å²) in [6.07, 6.45) is 1.29. The van der Waals surface area contributed by atoms with E-state index in [9.17, 15) is 19.5 Å². The molecule has 1 aromatic carbocycles. The number of amides is 2. The fourth-order valence-electron chi connectivity index (χ4n) is 2.41. The summed E-state index contributed by atoms with van der Waals surface area (Å²) >= 11 is 0. The summed E-state index contributed by atoms with van der Waals surface area (Å²) in [6, 6.07) is 5.07. The first-order valence-corrected chi connectivity index (χ1v) is 7.24. The fraction of sp³-hybridized carbons (Fsp3) is 0.438. The second-order valence-electron chi connectivity index (χ2n) is 5.74. The molecular formula is C16H20N2O4. The number of aryl methyl sites for hydroxylation is 1. The first kappa shape index (κ1) is 16.0. The molecule has 22 heavy (non-hydrogen) atoms. The van der Waals surface area contributed by atoms with Crippen LogP contribution in [0, 0.1) is 0 Å². The molecule has 0 radical (unpaired) electrons. The summed E-state index contributed by atoms with van der Waals surface area (Å²) in [6.45, 7) is 3.19. The molecule has 1 heterocycles. The Morgan fingerprint density at radius 1 is 1.36 bits per heavy atom. The summed E-state index contributed by atoms with van der Waals surface area (Å²) in [4.78, 5) is 36.8. The number of hydrogen-bond acceptors (Lipinski definition) is 3. The molecule has 1 aliphatic rings. The van der Waals surface area contributed by atoms with Gasteiger partial charge >= 0.3 is 5.97 Å². The summed E-state index contributed by atoms with van der Waals surface area (Å²) in [5.74, 6) is -1.44. The van der Waals surface area contributed by atoms with E-state index < -0.39 is 17.4 Å². The van der Waals surface area contributed by atoms with Gasteiger partial charge in [0.1, 0.15) is 5.54 Å². The van der Waals surface area contributed by atoms with Crippen LogP contribution in [0.2, 0.25) is 0 Å². The predicted molar refractivity (Wildman–Crippen MR) is 82.0 cm³/mol. The number of carboxylic acid groups (broad SMARTS) is 1. The van der Waals surface area contributed by atoms with E-state index >= 15 is 0 Å². The van der Waals surface area contributed by atoms with Crippen molar-refractivity contribution in [1.29, 1.82) is 0 Å². The van der Waals surface area contributed by atoms with Gasteiger partial charge in [0.2, 0.25) is 5.91 Å². The second kappa shape index (κ2) is 5.79. The molecule has 6 nitrogen and oxygen atoms in total. The van der Waals surface area contributed by atoms with Gasteiger partial charge in [0.15, 0.2) is 0 Å². The molecular weight excluding hydrogens is 284 g/mol. The maximum absolute atomic E-state index is 12.3. The van der Waals surface area contributed by atoms with Crippen LogP contribution >= 0.6 is 0 Å². The van der Waals surface area contributed by atoms with E-state index in [2.05, 4.69) is 5.32 Å². The zero-order valence-corrected chi connectivity index (χ0v) is 13.0. The summed E-state index contributed by atoms with van der Waals surface area (Å²) in [5, 5.41) is 11.8. The highest BCUT2D eigenvalue weighted by Crippen LogP contribution is 2.27. The number of fused-ring (bicyclic) bond motifs is 1. The van der Waals surface area contributed by atoms with Crippen LogP contribution in [-0.4, -0.2) is 35.5 Å². The molecule has 0 bridgehead atoms. The maximum Gasteiger partial charge on any atom is 0.329 e. The number of carbonyl (C=O) groups is 3. The molecule has 0 saturated carbocycles. The number of benzene rings is 1. The molecule has 0 spiro atoms. The van der Waals surface area contributed by atoms with Crippen LogP contribution < -0.4 is 10.2 Å². The van der Waals surface area contributed by atoms with E-state index in [4.69, 9.17) is 0 Å². The third kappa shape index (κ3) is 2.81.